The molecule has 1 atom stereocenters. The summed E-state index contributed by atoms with van der Waals surface area (Å²) >= 11 is 0. The van der Waals surface area contributed by atoms with Gasteiger partial charge in [-0.2, -0.15) is 0 Å². The first-order valence-corrected chi connectivity index (χ1v) is 8.91. The van der Waals surface area contributed by atoms with Gasteiger partial charge in [0.05, 0.1) is 0 Å². The van der Waals surface area contributed by atoms with Gasteiger partial charge in [-0.1, -0.05) is 48.5 Å². The number of urea groups is 1. The van der Waals surface area contributed by atoms with E-state index in [-0.39, 0.29) is 5.91 Å². The van der Waals surface area contributed by atoms with Crippen molar-refractivity contribution in [3.8, 4) is 0 Å². The van der Waals surface area contributed by atoms with Crippen LogP contribution in [0.2, 0.25) is 0 Å². The minimum Gasteiger partial charge on any atom is -0.351 e. The second kappa shape index (κ2) is 9.18. The number of anilines is 2. The average molecular weight is 388 g/mol. The van der Waals surface area contributed by atoms with Crippen LogP contribution in [0.1, 0.15) is 22.0 Å². The van der Waals surface area contributed by atoms with Crippen LogP contribution in [0.15, 0.2) is 84.9 Å². The molecule has 146 valence electrons. The molecule has 3 rings (SSSR count). The van der Waals surface area contributed by atoms with E-state index in [1.54, 1.807) is 72.8 Å². The van der Waals surface area contributed by atoms with Gasteiger partial charge in [0.25, 0.3) is 11.8 Å². The van der Waals surface area contributed by atoms with Crippen molar-refractivity contribution in [1.82, 2.24) is 5.32 Å². The lowest BCUT2D eigenvalue weighted by Gasteiger charge is -2.19. The predicted octanol–water partition coefficient (Wildman–Crippen LogP) is 3.29. The van der Waals surface area contributed by atoms with E-state index < -0.39 is 18.0 Å². The quantitative estimate of drug-likeness (QED) is 0.520. The maximum atomic E-state index is 12.9. The summed E-state index contributed by atoms with van der Waals surface area (Å²) in [6.07, 6.45) is 0. The molecule has 7 heteroatoms. The van der Waals surface area contributed by atoms with Gasteiger partial charge in [-0.3, -0.25) is 9.59 Å². The number of carbonyl (C=O) groups excluding carboxylic acids is 3. The fraction of sp³-hybridized carbons (Fsp3) is 0.0455. The van der Waals surface area contributed by atoms with Crippen molar-refractivity contribution in [2.45, 2.75) is 6.04 Å². The molecule has 29 heavy (non-hydrogen) atoms. The molecular formula is C22H20N4O3. The Kier molecular flexibility index (Phi) is 6.22. The molecule has 0 saturated heterocycles. The fourth-order valence-electron chi connectivity index (χ4n) is 2.74. The molecule has 0 saturated carbocycles. The van der Waals surface area contributed by atoms with E-state index in [9.17, 15) is 14.4 Å². The molecule has 3 aromatic carbocycles. The second-order valence-electron chi connectivity index (χ2n) is 6.24. The van der Waals surface area contributed by atoms with Crippen LogP contribution in [-0.2, 0) is 4.79 Å². The Labute approximate surface area is 167 Å². The third kappa shape index (κ3) is 5.43. The minimum absolute atomic E-state index is 0.351. The van der Waals surface area contributed by atoms with E-state index in [0.29, 0.717) is 22.5 Å². The minimum atomic E-state index is -0.882. The molecule has 0 aliphatic rings. The highest BCUT2D eigenvalue weighted by Gasteiger charge is 2.23. The number of amides is 4. The van der Waals surface area contributed by atoms with E-state index in [1.807, 2.05) is 12.1 Å². The van der Waals surface area contributed by atoms with Crippen LogP contribution in [-0.4, -0.2) is 17.8 Å². The van der Waals surface area contributed by atoms with Gasteiger partial charge in [0.1, 0.15) is 6.04 Å². The Hall–Kier alpha value is -4.13. The van der Waals surface area contributed by atoms with Crippen LogP contribution in [0.4, 0.5) is 16.2 Å². The van der Waals surface area contributed by atoms with E-state index in [2.05, 4.69) is 16.0 Å². The van der Waals surface area contributed by atoms with Gasteiger partial charge in [0, 0.05) is 16.9 Å². The van der Waals surface area contributed by atoms with Crippen LogP contribution >= 0.6 is 0 Å². The molecule has 0 aromatic heterocycles. The molecule has 1 unspecified atom stereocenters. The number of rotatable bonds is 6. The van der Waals surface area contributed by atoms with Crippen molar-refractivity contribution in [3.63, 3.8) is 0 Å². The van der Waals surface area contributed by atoms with Crippen molar-refractivity contribution in [2.75, 3.05) is 10.6 Å². The van der Waals surface area contributed by atoms with Gasteiger partial charge in [-0.15, -0.1) is 0 Å². The van der Waals surface area contributed by atoms with Gasteiger partial charge >= 0.3 is 6.03 Å². The molecule has 0 aliphatic heterocycles. The Morgan fingerprint density at radius 3 is 1.76 bits per heavy atom. The maximum Gasteiger partial charge on any atom is 0.316 e. The summed E-state index contributed by atoms with van der Waals surface area (Å²) in [6.45, 7) is 0. The van der Waals surface area contributed by atoms with E-state index >= 15 is 0 Å². The molecule has 0 aliphatic carbocycles. The molecule has 7 nitrogen and oxygen atoms in total. The molecule has 0 spiro atoms. The third-order valence-electron chi connectivity index (χ3n) is 4.13. The third-order valence-corrected chi connectivity index (χ3v) is 4.13. The van der Waals surface area contributed by atoms with Crippen LogP contribution in [0.5, 0.6) is 0 Å². The zero-order valence-electron chi connectivity index (χ0n) is 15.5. The summed E-state index contributed by atoms with van der Waals surface area (Å²) in [5.41, 5.74) is 7.22. The highest BCUT2D eigenvalue weighted by atomic mass is 16.2. The van der Waals surface area contributed by atoms with E-state index in [0.717, 1.165) is 0 Å². The molecule has 0 bridgehead atoms. The lowest BCUT2D eigenvalue weighted by molar-refractivity contribution is -0.118. The van der Waals surface area contributed by atoms with Crippen molar-refractivity contribution in [3.05, 3.63) is 96.1 Å². The van der Waals surface area contributed by atoms with Crippen molar-refractivity contribution in [1.29, 1.82) is 0 Å². The number of nitrogens with two attached hydrogens (primary N) is 1. The number of primary amides is 1. The van der Waals surface area contributed by atoms with Gasteiger partial charge in [-0.25, -0.2) is 4.79 Å². The monoisotopic (exact) mass is 388 g/mol. The summed E-state index contributed by atoms with van der Waals surface area (Å²) in [7, 11) is 0. The highest BCUT2D eigenvalue weighted by molar-refractivity contribution is 6.01. The van der Waals surface area contributed by atoms with Crippen molar-refractivity contribution in [2.24, 2.45) is 5.73 Å². The molecule has 5 N–H and O–H groups in total. The number of carbonyl (C=O) groups is 3. The van der Waals surface area contributed by atoms with Gasteiger partial charge in [-0.05, 0) is 42.0 Å². The van der Waals surface area contributed by atoms with E-state index in [4.69, 9.17) is 5.73 Å². The van der Waals surface area contributed by atoms with Crippen molar-refractivity contribution < 1.29 is 14.4 Å². The van der Waals surface area contributed by atoms with E-state index in [1.165, 1.54) is 0 Å². The zero-order chi connectivity index (χ0) is 20.6. The number of hydrogen-bond donors (Lipinski definition) is 4. The van der Waals surface area contributed by atoms with Crippen LogP contribution < -0.4 is 21.7 Å². The summed E-state index contributed by atoms with van der Waals surface area (Å²) in [5.74, 6) is -0.744. The molecule has 0 heterocycles. The first kappa shape index (κ1) is 19.6. The van der Waals surface area contributed by atoms with Gasteiger partial charge in [0.15, 0.2) is 0 Å². The van der Waals surface area contributed by atoms with Crippen LogP contribution in [0.3, 0.4) is 0 Å². The summed E-state index contributed by atoms with van der Waals surface area (Å²) in [4.78, 5) is 36.4. The predicted molar refractivity (Wildman–Crippen MR) is 111 cm³/mol. The second-order valence-corrected chi connectivity index (χ2v) is 6.24. The lowest BCUT2D eigenvalue weighted by Crippen LogP contribution is -2.37. The maximum absolute atomic E-state index is 12.9. The molecule has 4 amide bonds. The fourth-order valence-corrected chi connectivity index (χ4v) is 2.74. The zero-order valence-corrected chi connectivity index (χ0v) is 15.5. The number of nitrogens with one attached hydrogen (secondary N) is 3. The van der Waals surface area contributed by atoms with Gasteiger partial charge in [0.2, 0.25) is 0 Å². The smallest absolute Gasteiger partial charge is 0.316 e. The van der Waals surface area contributed by atoms with Crippen LogP contribution in [0.25, 0.3) is 0 Å². The normalized spacial score (nSPS) is 11.2. The Balaban J connectivity index is 1.77. The molecule has 0 radical (unpaired) electrons. The topological polar surface area (TPSA) is 113 Å². The summed E-state index contributed by atoms with van der Waals surface area (Å²) in [6, 6.07) is 22.6. The Morgan fingerprint density at radius 1 is 0.690 bits per heavy atom. The Bertz CT molecular complexity index is 990. The summed E-state index contributed by atoms with van der Waals surface area (Å²) < 4.78 is 0. The molecular weight excluding hydrogens is 368 g/mol. The standard InChI is InChI=1S/C22H20N4O3/c23-22(29)25-18-13-11-17(12-14-18)24-21(28)19(15-7-3-1-4-8-15)26-20(27)16-9-5-2-6-10-16/h1-14,19H,(H,24,28)(H,26,27)(H3,23,25,29). The number of benzene rings is 3. The first-order valence-electron chi connectivity index (χ1n) is 8.91. The first-order chi connectivity index (χ1) is 14.0. The summed E-state index contributed by atoms with van der Waals surface area (Å²) in [5, 5.41) is 8.01. The average Bonchev–Trinajstić information content (AvgIpc) is 2.74. The molecule has 0 fully saturated rings. The van der Waals surface area contributed by atoms with Gasteiger partial charge < -0.3 is 21.7 Å². The highest BCUT2D eigenvalue weighted by Crippen LogP contribution is 2.19. The largest absolute Gasteiger partial charge is 0.351 e. The molecule has 3 aromatic rings. The van der Waals surface area contributed by atoms with Crippen molar-refractivity contribution >= 4 is 29.2 Å². The Morgan fingerprint density at radius 2 is 1.21 bits per heavy atom. The number of hydrogen-bond acceptors (Lipinski definition) is 3. The SMILES string of the molecule is NC(=O)Nc1ccc(NC(=O)C(NC(=O)c2ccccc2)c2ccccc2)cc1. The lowest BCUT2D eigenvalue weighted by atomic mass is 10.1. The van der Waals surface area contributed by atoms with Crippen LogP contribution in [0, 0.1) is 0 Å².